The number of aromatic nitrogens is 2. The van der Waals surface area contributed by atoms with E-state index in [-0.39, 0.29) is 23.7 Å². The van der Waals surface area contributed by atoms with Crippen LogP contribution in [0.3, 0.4) is 0 Å². The van der Waals surface area contributed by atoms with E-state index in [2.05, 4.69) is 10.4 Å². The van der Waals surface area contributed by atoms with Gasteiger partial charge >= 0.3 is 12.1 Å². The van der Waals surface area contributed by atoms with Crippen LogP contribution in [0.25, 0.3) is 5.69 Å². The average Bonchev–Trinajstić information content (AvgIpc) is 3.24. The van der Waals surface area contributed by atoms with Crippen LogP contribution < -0.4 is 15.8 Å². The molecule has 186 valence electrons. The van der Waals surface area contributed by atoms with Gasteiger partial charge in [-0.1, -0.05) is 13.3 Å². The van der Waals surface area contributed by atoms with E-state index >= 15 is 0 Å². The molecular weight excluding hydrogens is 465 g/mol. The van der Waals surface area contributed by atoms with Gasteiger partial charge in [-0.25, -0.2) is 9.48 Å². The number of anilines is 2. The van der Waals surface area contributed by atoms with Gasteiger partial charge in [0, 0.05) is 11.4 Å². The van der Waals surface area contributed by atoms with E-state index in [0.717, 1.165) is 24.6 Å². The summed E-state index contributed by atoms with van der Waals surface area (Å²) in [5, 5.41) is 6.23. The fourth-order valence-corrected chi connectivity index (χ4v) is 3.26. The first-order chi connectivity index (χ1) is 16.6. The molecule has 8 nitrogen and oxygen atoms in total. The number of esters is 1. The Morgan fingerprint density at radius 3 is 2.49 bits per heavy atom. The zero-order valence-electron chi connectivity index (χ0n) is 19.2. The van der Waals surface area contributed by atoms with Gasteiger partial charge in [-0.05, 0) is 61.4 Å². The number of nitrogens with one attached hydrogen (secondary N) is 1. The summed E-state index contributed by atoms with van der Waals surface area (Å²) in [7, 11) is 0. The third kappa shape index (κ3) is 6.75. The van der Waals surface area contributed by atoms with Crippen LogP contribution in [0, 0.1) is 6.92 Å². The van der Waals surface area contributed by atoms with Crippen molar-refractivity contribution in [2.24, 2.45) is 0 Å². The molecule has 0 radical (unpaired) electrons. The van der Waals surface area contributed by atoms with Crippen molar-refractivity contribution in [2.75, 3.05) is 24.3 Å². The van der Waals surface area contributed by atoms with E-state index < -0.39 is 29.3 Å². The van der Waals surface area contributed by atoms with Crippen LogP contribution >= 0.6 is 0 Å². The summed E-state index contributed by atoms with van der Waals surface area (Å²) in [6.45, 7) is 3.68. The maximum absolute atomic E-state index is 13.9. The van der Waals surface area contributed by atoms with Crippen molar-refractivity contribution >= 4 is 23.3 Å². The van der Waals surface area contributed by atoms with Crippen molar-refractivity contribution in [1.82, 2.24) is 9.78 Å². The summed E-state index contributed by atoms with van der Waals surface area (Å²) in [5.41, 5.74) is 5.29. The molecule has 1 amide bonds. The number of ether oxygens (including phenoxy) is 2. The van der Waals surface area contributed by atoms with E-state index in [9.17, 15) is 22.8 Å². The molecule has 3 N–H and O–H groups in total. The van der Waals surface area contributed by atoms with E-state index in [1.807, 2.05) is 6.92 Å². The number of hydrogen-bond acceptors (Lipinski definition) is 6. The summed E-state index contributed by atoms with van der Waals surface area (Å²) < 4.78 is 52.7. The number of alkyl halides is 3. The minimum Gasteiger partial charge on any atom is -0.482 e. The van der Waals surface area contributed by atoms with Crippen LogP contribution in [0.5, 0.6) is 5.75 Å². The van der Waals surface area contributed by atoms with Gasteiger partial charge in [-0.3, -0.25) is 4.79 Å². The number of nitrogens with two attached hydrogens (primary N) is 1. The van der Waals surface area contributed by atoms with Crippen molar-refractivity contribution in [2.45, 2.75) is 32.9 Å². The SMILES string of the molecule is CCCCOC(=O)COc1ccc(-n2ncc(C(=O)Nc3cc(C)cc(N)c3)c2C(F)(F)F)cc1. The highest BCUT2D eigenvalue weighted by Gasteiger charge is 2.40. The Balaban J connectivity index is 1.78. The van der Waals surface area contributed by atoms with Gasteiger partial charge in [0.1, 0.15) is 5.75 Å². The van der Waals surface area contributed by atoms with Crippen LogP contribution in [0.2, 0.25) is 0 Å². The molecule has 0 fully saturated rings. The normalized spacial score (nSPS) is 11.2. The molecule has 0 aliphatic rings. The molecule has 0 unspecified atom stereocenters. The lowest BCUT2D eigenvalue weighted by atomic mass is 10.1. The van der Waals surface area contributed by atoms with Crippen molar-refractivity contribution < 1.29 is 32.2 Å². The van der Waals surface area contributed by atoms with Gasteiger partial charge in [-0.2, -0.15) is 18.3 Å². The lowest BCUT2D eigenvalue weighted by Gasteiger charge is -2.14. The van der Waals surface area contributed by atoms with Crippen LogP contribution in [0.1, 0.15) is 41.4 Å². The molecule has 0 bridgehead atoms. The Kier molecular flexibility index (Phi) is 8.00. The predicted octanol–water partition coefficient (Wildman–Crippen LogP) is 4.76. The topological polar surface area (TPSA) is 108 Å². The van der Waals surface area contributed by atoms with Crippen molar-refractivity contribution in [3.8, 4) is 11.4 Å². The van der Waals surface area contributed by atoms with E-state index in [1.54, 1.807) is 19.1 Å². The zero-order chi connectivity index (χ0) is 25.6. The van der Waals surface area contributed by atoms with Crippen molar-refractivity contribution in [1.29, 1.82) is 0 Å². The molecule has 3 rings (SSSR count). The molecule has 1 aromatic heterocycles. The van der Waals surface area contributed by atoms with E-state index in [4.69, 9.17) is 15.2 Å². The van der Waals surface area contributed by atoms with E-state index in [0.29, 0.717) is 17.0 Å². The molecule has 0 aliphatic carbocycles. The average molecular weight is 490 g/mol. The third-order valence-corrected chi connectivity index (χ3v) is 4.84. The molecule has 1 heterocycles. The number of unbranched alkanes of at least 4 members (excludes halogenated alkanes) is 1. The largest absolute Gasteiger partial charge is 0.482 e. The number of halogens is 3. The van der Waals surface area contributed by atoms with Crippen LogP contribution in [-0.4, -0.2) is 34.9 Å². The molecule has 0 saturated carbocycles. The molecule has 0 aliphatic heterocycles. The van der Waals surface area contributed by atoms with E-state index in [1.165, 1.54) is 30.3 Å². The Bertz CT molecular complexity index is 1170. The first kappa shape index (κ1) is 25.6. The summed E-state index contributed by atoms with van der Waals surface area (Å²) in [6.07, 6.45) is -2.39. The molecule has 35 heavy (non-hydrogen) atoms. The molecule has 0 saturated heterocycles. The third-order valence-electron chi connectivity index (χ3n) is 4.84. The number of nitrogen functional groups attached to an aromatic ring is 1. The Morgan fingerprint density at radius 2 is 1.86 bits per heavy atom. The second-order valence-electron chi connectivity index (χ2n) is 7.76. The number of carbonyl (C=O) groups excluding carboxylic acids is 2. The number of nitrogens with zero attached hydrogens (tertiary/aromatic N) is 2. The second kappa shape index (κ2) is 10.9. The number of benzene rings is 2. The first-order valence-electron chi connectivity index (χ1n) is 10.8. The highest BCUT2D eigenvalue weighted by Crippen LogP contribution is 2.34. The summed E-state index contributed by atoms with van der Waals surface area (Å²) >= 11 is 0. The van der Waals surface area contributed by atoms with Gasteiger partial charge in [0.15, 0.2) is 12.3 Å². The molecule has 2 aromatic carbocycles. The van der Waals surface area contributed by atoms with Gasteiger partial charge in [0.2, 0.25) is 0 Å². The van der Waals surface area contributed by atoms with Gasteiger partial charge in [0.25, 0.3) is 5.91 Å². The van der Waals surface area contributed by atoms with Gasteiger partial charge in [-0.15, -0.1) is 0 Å². The lowest BCUT2D eigenvalue weighted by Crippen LogP contribution is -2.20. The molecule has 0 atom stereocenters. The maximum atomic E-state index is 13.9. The number of carbonyl (C=O) groups is 2. The minimum absolute atomic E-state index is 0.0500. The molecular formula is C24H25F3N4O4. The molecule has 0 spiro atoms. The van der Waals surface area contributed by atoms with Gasteiger partial charge < -0.3 is 20.5 Å². The molecule has 3 aromatic rings. The number of aryl methyl sites for hydroxylation is 1. The maximum Gasteiger partial charge on any atom is 0.434 e. The lowest BCUT2D eigenvalue weighted by molar-refractivity contribution is -0.146. The number of amides is 1. The fraction of sp³-hybridized carbons (Fsp3) is 0.292. The Labute approximate surface area is 199 Å². The summed E-state index contributed by atoms with van der Waals surface area (Å²) in [4.78, 5) is 24.3. The smallest absolute Gasteiger partial charge is 0.434 e. The summed E-state index contributed by atoms with van der Waals surface area (Å²) in [6, 6.07) is 10.2. The highest BCUT2D eigenvalue weighted by atomic mass is 19.4. The monoisotopic (exact) mass is 490 g/mol. The van der Waals surface area contributed by atoms with Crippen molar-refractivity contribution in [3.63, 3.8) is 0 Å². The molecule has 11 heteroatoms. The standard InChI is InChI=1S/C24H25F3N4O4/c1-3-4-9-34-21(32)14-35-19-7-5-18(6-8-19)31-22(24(25,26)27)20(13-29-31)23(33)30-17-11-15(2)10-16(28)12-17/h5-8,10-13H,3-4,9,14,28H2,1-2H3,(H,30,33). The highest BCUT2D eigenvalue weighted by molar-refractivity contribution is 6.05. The zero-order valence-corrected chi connectivity index (χ0v) is 19.2. The Morgan fingerprint density at radius 1 is 1.14 bits per heavy atom. The first-order valence-corrected chi connectivity index (χ1v) is 10.8. The number of rotatable bonds is 9. The fourth-order valence-electron chi connectivity index (χ4n) is 3.26. The van der Waals surface area contributed by atoms with Crippen molar-refractivity contribution in [3.05, 3.63) is 65.5 Å². The predicted molar refractivity (Wildman–Crippen MR) is 123 cm³/mol. The van der Waals surface area contributed by atoms with Crippen LogP contribution in [-0.2, 0) is 15.7 Å². The Hall–Kier alpha value is -4.02. The number of hydrogen-bond donors (Lipinski definition) is 2. The van der Waals surface area contributed by atoms with Gasteiger partial charge in [0.05, 0.1) is 24.1 Å². The summed E-state index contributed by atoms with van der Waals surface area (Å²) in [5.74, 6) is -1.26. The second-order valence-corrected chi connectivity index (χ2v) is 7.76. The quantitative estimate of drug-likeness (QED) is 0.254. The minimum atomic E-state index is -4.87. The van der Waals surface area contributed by atoms with Crippen LogP contribution in [0.4, 0.5) is 24.5 Å². The van der Waals surface area contributed by atoms with Crippen LogP contribution in [0.15, 0.2) is 48.7 Å².